The molecule has 2 aromatic rings. The average Bonchev–Trinajstić information content (AvgIpc) is 2.52. The second kappa shape index (κ2) is 7.25. The van der Waals surface area contributed by atoms with Gasteiger partial charge in [-0.3, -0.25) is 4.79 Å². The van der Waals surface area contributed by atoms with Crippen molar-refractivity contribution < 1.29 is 4.79 Å². The molecule has 2 rings (SSSR count). The minimum Gasteiger partial charge on any atom is -0.366 e. The van der Waals surface area contributed by atoms with Crippen LogP contribution < -0.4 is 10.6 Å². The molecule has 0 bridgehead atoms. The summed E-state index contributed by atoms with van der Waals surface area (Å²) in [5.74, 6) is 0.888. The van der Waals surface area contributed by atoms with Crippen LogP contribution in [0.15, 0.2) is 43.0 Å². The van der Waals surface area contributed by atoms with Crippen molar-refractivity contribution in [2.24, 2.45) is 0 Å². The van der Waals surface area contributed by atoms with Gasteiger partial charge in [0.2, 0.25) is 0 Å². The van der Waals surface area contributed by atoms with Crippen molar-refractivity contribution in [1.82, 2.24) is 9.97 Å². The minimum absolute atomic E-state index is 0.0814. The Bertz CT molecular complexity index is 730. The number of amides is 1. The van der Waals surface area contributed by atoms with Crippen LogP contribution in [0.3, 0.4) is 0 Å². The molecular weight excluding hydrogens is 300 g/mol. The van der Waals surface area contributed by atoms with E-state index in [1.165, 1.54) is 5.56 Å². The molecule has 1 aromatic carbocycles. The molecule has 0 aliphatic heterocycles. The molecule has 24 heavy (non-hydrogen) atoms. The number of aromatic nitrogens is 2. The highest BCUT2D eigenvalue weighted by Crippen LogP contribution is 2.23. The van der Waals surface area contributed by atoms with Gasteiger partial charge in [-0.2, -0.15) is 0 Å². The van der Waals surface area contributed by atoms with E-state index in [9.17, 15) is 4.79 Å². The Labute approximate surface area is 143 Å². The molecule has 0 aliphatic carbocycles. The highest BCUT2D eigenvalue weighted by molar-refractivity contribution is 6.03. The Morgan fingerprint density at radius 2 is 1.88 bits per heavy atom. The average molecular weight is 324 g/mol. The van der Waals surface area contributed by atoms with Crippen LogP contribution in [0.25, 0.3) is 0 Å². The summed E-state index contributed by atoms with van der Waals surface area (Å²) in [6, 6.07) is 9.50. The zero-order chi connectivity index (χ0) is 17.7. The Morgan fingerprint density at radius 1 is 1.21 bits per heavy atom. The number of benzene rings is 1. The van der Waals surface area contributed by atoms with Crippen molar-refractivity contribution in [3.8, 4) is 0 Å². The van der Waals surface area contributed by atoms with Crippen LogP contribution >= 0.6 is 0 Å². The predicted molar refractivity (Wildman–Crippen MR) is 98.6 cm³/mol. The largest absolute Gasteiger partial charge is 0.366 e. The van der Waals surface area contributed by atoms with E-state index in [1.807, 2.05) is 24.3 Å². The smallest absolute Gasteiger partial charge is 0.274 e. The summed E-state index contributed by atoms with van der Waals surface area (Å²) < 4.78 is 0. The van der Waals surface area contributed by atoms with Crippen LogP contribution in [0.1, 0.15) is 42.6 Å². The third-order valence-corrected chi connectivity index (χ3v) is 3.51. The maximum atomic E-state index is 12.4. The number of carbonyl (C=O) groups excluding carboxylic acids is 1. The van der Waals surface area contributed by atoms with Crippen molar-refractivity contribution in [3.05, 3.63) is 60.1 Å². The molecule has 2 N–H and O–H groups in total. The van der Waals surface area contributed by atoms with Gasteiger partial charge >= 0.3 is 0 Å². The molecule has 0 spiro atoms. The molecule has 0 radical (unpaired) electrons. The fraction of sp³-hybridized carbons (Fsp3) is 0.316. The molecule has 5 nitrogen and oxygen atoms in total. The summed E-state index contributed by atoms with van der Waals surface area (Å²) in [6.45, 7) is 12.4. The number of nitrogens with one attached hydrogen (secondary N) is 2. The zero-order valence-corrected chi connectivity index (χ0v) is 14.7. The van der Waals surface area contributed by atoms with Gasteiger partial charge in [-0.15, -0.1) is 6.58 Å². The molecule has 0 atom stereocenters. The summed E-state index contributed by atoms with van der Waals surface area (Å²) in [5.41, 5.74) is 2.37. The highest BCUT2D eigenvalue weighted by Gasteiger charge is 2.14. The summed E-state index contributed by atoms with van der Waals surface area (Å²) in [4.78, 5) is 20.9. The van der Waals surface area contributed by atoms with Gasteiger partial charge < -0.3 is 10.6 Å². The van der Waals surface area contributed by atoms with Gasteiger partial charge in [-0.05, 0) is 30.0 Å². The molecule has 1 heterocycles. The van der Waals surface area contributed by atoms with Crippen molar-refractivity contribution in [2.45, 2.75) is 33.1 Å². The van der Waals surface area contributed by atoms with Gasteiger partial charge in [0.15, 0.2) is 0 Å². The first kappa shape index (κ1) is 17.7. The molecule has 1 amide bonds. The summed E-state index contributed by atoms with van der Waals surface area (Å²) in [6.07, 6.45) is 1.73. The van der Waals surface area contributed by atoms with E-state index in [0.717, 1.165) is 5.69 Å². The zero-order valence-electron chi connectivity index (χ0n) is 14.7. The minimum atomic E-state index is -0.259. The van der Waals surface area contributed by atoms with Crippen molar-refractivity contribution in [1.29, 1.82) is 0 Å². The molecule has 126 valence electrons. The first-order chi connectivity index (χ1) is 11.3. The number of anilines is 2. The summed E-state index contributed by atoms with van der Waals surface area (Å²) in [7, 11) is 0. The first-order valence-corrected chi connectivity index (χ1v) is 7.92. The third kappa shape index (κ3) is 4.65. The van der Waals surface area contributed by atoms with Gasteiger partial charge in [0, 0.05) is 18.3 Å². The fourth-order valence-electron chi connectivity index (χ4n) is 2.20. The van der Waals surface area contributed by atoms with Gasteiger partial charge in [-0.25, -0.2) is 9.97 Å². The number of aryl methyl sites for hydroxylation is 1. The Morgan fingerprint density at radius 3 is 2.46 bits per heavy atom. The topological polar surface area (TPSA) is 66.9 Å². The van der Waals surface area contributed by atoms with Crippen molar-refractivity contribution in [2.75, 3.05) is 17.2 Å². The van der Waals surface area contributed by atoms with E-state index in [1.54, 1.807) is 19.1 Å². The van der Waals surface area contributed by atoms with Crippen LogP contribution in [-0.4, -0.2) is 22.4 Å². The van der Waals surface area contributed by atoms with Crippen LogP contribution in [0.4, 0.5) is 11.5 Å². The van der Waals surface area contributed by atoms with E-state index in [-0.39, 0.29) is 11.3 Å². The van der Waals surface area contributed by atoms with Crippen molar-refractivity contribution in [3.63, 3.8) is 0 Å². The predicted octanol–water partition coefficient (Wildman–Crippen LogP) is 3.93. The lowest BCUT2D eigenvalue weighted by Crippen LogP contribution is -2.16. The van der Waals surface area contributed by atoms with Crippen LogP contribution in [-0.2, 0) is 5.41 Å². The molecule has 0 saturated carbocycles. The quantitative estimate of drug-likeness (QED) is 0.818. The summed E-state index contributed by atoms with van der Waals surface area (Å²) in [5, 5.41) is 5.94. The van der Waals surface area contributed by atoms with E-state index in [2.05, 4.69) is 48.0 Å². The Hall–Kier alpha value is -2.69. The van der Waals surface area contributed by atoms with E-state index >= 15 is 0 Å². The third-order valence-electron chi connectivity index (χ3n) is 3.51. The number of carbonyl (C=O) groups is 1. The number of hydrogen-bond acceptors (Lipinski definition) is 4. The summed E-state index contributed by atoms with van der Waals surface area (Å²) >= 11 is 0. The number of nitrogens with zero attached hydrogens (tertiary/aromatic N) is 2. The van der Waals surface area contributed by atoms with Crippen LogP contribution in [0.2, 0.25) is 0 Å². The molecule has 0 unspecified atom stereocenters. The number of hydrogen-bond donors (Lipinski definition) is 2. The maximum absolute atomic E-state index is 12.4. The maximum Gasteiger partial charge on any atom is 0.274 e. The molecular formula is C19H24N4O. The lowest BCUT2D eigenvalue weighted by Gasteiger charge is -2.19. The highest BCUT2D eigenvalue weighted by atomic mass is 16.1. The van der Waals surface area contributed by atoms with Gasteiger partial charge in [-0.1, -0.05) is 39.0 Å². The Kier molecular flexibility index (Phi) is 5.34. The fourth-order valence-corrected chi connectivity index (χ4v) is 2.20. The first-order valence-electron chi connectivity index (χ1n) is 7.92. The number of rotatable bonds is 5. The molecule has 5 heteroatoms. The van der Waals surface area contributed by atoms with Crippen molar-refractivity contribution >= 4 is 17.4 Å². The second-order valence-electron chi connectivity index (χ2n) is 6.64. The van der Waals surface area contributed by atoms with Gasteiger partial charge in [0.1, 0.15) is 17.3 Å². The van der Waals surface area contributed by atoms with Gasteiger partial charge in [0.05, 0.1) is 0 Å². The SMILES string of the molecule is C=CCNc1cc(C(=O)Nc2ccc(C(C)(C)C)cc2)nc(C)n1. The van der Waals surface area contributed by atoms with E-state index in [4.69, 9.17) is 0 Å². The van der Waals surface area contributed by atoms with Crippen LogP contribution in [0, 0.1) is 6.92 Å². The lowest BCUT2D eigenvalue weighted by molar-refractivity contribution is 0.102. The monoisotopic (exact) mass is 324 g/mol. The molecule has 0 aliphatic rings. The standard InChI is InChI=1S/C19H24N4O/c1-6-11-20-17-12-16(21-13(2)22-17)18(24)23-15-9-7-14(8-10-15)19(3,4)5/h6-10,12H,1,11H2,2-5H3,(H,23,24)(H,20,21,22). The van der Waals surface area contributed by atoms with Gasteiger partial charge in [0.25, 0.3) is 5.91 Å². The second-order valence-corrected chi connectivity index (χ2v) is 6.64. The normalized spacial score (nSPS) is 11.0. The Balaban J connectivity index is 2.14. The van der Waals surface area contributed by atoms with Crippen LogP contribution in [0.5, 0.6) is 0 Å². The van der Waals surface area contributed by atoms with E-state index in [0.29, 0.717) is 23.9 Å². The van der Waals surface area contributed by atoms with E-state index < -0.39 is 0 Å². The lowest BCUT2D eigenvalue weighted by atomic mass is 9.87. The molecule has 0 saturated heterocycles. The molecule has 0 fully saturated rings. The molecule has 1 aromatic heterocycles.